The molecule has 2 heterocycles. The highest BCUT2D eigenvalue weighted by Gasteiger charge is 2.07. The van der Waals surface area contributed by atoms with Crippen molar-refractivity contribution in [1.82, 2.24) is 4.98 Å². The molecule has 0 radical (unpaired) electrons. The van der Waals surface area contributed by atoms with Crippen molar-refractivity contribution in [2.45, 2.75) is 6.10 Å². The first kappa shape index (κ1) is 11.8. The summed E-state index contributed by atoms with van der Waals surface area (Å²) in [4.78, 5) is 4.00. The van der Waals surface area contributed by atoms with Crippen molar-refractivity contribution in [2.75, 3.05) is 17.3 Å². The lowest BCUT2D eigenvalue weighted by Crippen LogP contribution is -2.12. The third kappa shape index (κ3) is 3.16. The van der Waals surface area contributed by atoms with E-state index in [2.05, 4.69) is 15.7 Å². The Balaban J connectivity index is 1.93. The van der Waals surface area contributed by atoms with Gasteiger partial charge in [-0.2, -0.15) is 11.3 Å². The second kappa shape index (κ2) is 5.62. The van der Waals surface area contributed by atoms with E-state index in [0.29, 0.717) is 12.4 Å². The predicted molar refractivity (Wildman–Crippen MR) is 69.8 cm³/mol. The van der Waals surface area contributed by atoms with Crippen LogP contribution in [0.5, 0.6) is 0 Å². The van der Waals surface area contributed by atoms with Gasteiger partial charge in [0.25, 0.3) is 0 Å². The van der Waals surface area contributed by atoms with Crippen molar-refractivity contribution in [3.8, 4) is 0 Å². The van der Waals surface area contributed by atoms with Gasteiger partial charge in [0.2, 0.25) is 0 Å². The fourth-order valence-corrected chi connectivity index (χ4v) is 2.12. The van der Waals surface area contributed by atoms with Gasteiger partial charge in [0.15, 0.2) is 0 Å². The van der Waals surface area contributed by atoms with Crippen molar-refractivity contribution in [3.63, 3.8) is 0 Å². The van der Waals surface area contributed by atoms with E-state index in [-0.39, 0.29) is 0 Å². The number of hydrazine groups is 1. The van der Waals surface area contributed by atoms with Crippen LogP contribution in [0, 0.1) is 0 Å². The molecule has 6 heteroatoms. The Kier molecular flexibility index (Phi) is 3.92. The lowest BCUT2D eigenvalue weighted by atomic mass is 10.2. The smallest absolute Gasteiger partial charge is 0.141 e. The first-order valence-electron chi connectivity index (χ1n) is 5.16. The summed E-state index contributed by atoms with van der Waals surface area (Å²) in [5.41, 5.74) is 4.26. The van der Waals surface area contributed by atoms with E-state index in [9.17, 15) is 5.11 Å². The highest BCUT2D eigenvalue weighted by Crippen LogP contribution is 2.17. The second-order valence-corrected chi connectivity index (χ2v) is 4.31. The number of aliphatic hydroxyl groups is 1. The van der Waals surface area contributed by atoms with Crippen LogP contribution in [0.2, 0.25) is 0 Å². The zero-order valence-electron chi connectivity index (χ0n) is 9.13. The zero-order valence-corrected chi connectivity index (χ0v) is 9.95. The Morgan fingerprint density at radius 2 is 2.35 bits per heavy atom. The average Bonchev–Trinajstić information content (AvgIpc) is 2.90. The second-order valence-electron chi connectivity index (χ2n) is 3.53. The minimum atomic E-state index is -0.510. The molecule has 0 saturated heterocycles. The SMILES string of the molecule is NNc1cc(NCC(O)c2ccsc2)ccn1. The van der Waals surface area contributed by atoms with Gasteiger partial charge in [0, 0.05) is 24.5 Å². The Morgan fingerprint density at radius 3 is 3.06 bits per heavy atom. The van der Waals surface area contributed by atoms with Gasteiger partial charge in [-0.1, -0.05) is 0 Å². The van der Waals surface area contributed by atoms with E-state index in [1.807, 2.05) is 22.9 Å². The molecule has 1 atom stereocenters. The first-order chi connectivity index (χ1) is 8.29. The minimum absolute atomic E-state index is 0.449. The van der Waals surface area contributed by atoms with Crippen LogP contribution in [0.15, 0.2) is 35.2 Å². The molecule has 0 spiro atoms. The van der Waals surface area contributed by atoms with Gasteiger partial charge in [-0.05, 0) is 28.5 Å². The number of aromatic nitrogens is 1. The van der Waals surface area contributed by atoms with Gasteiger partial charge in [0.05, 0.1) is 6.10 Å². The van der Waals surface area contributed by atoms with Crippen molar-refractivity contribution in [2.24, 2.45) is 5.84 Å². The molecule has 0 aliphatic carbocycles. The molecule has 0 fully saturated rings. The normalized spacial score (nSPS) is 12.1. The number of hydrogen-bond acceptors (Lipinski definition) is 6. The maximum absolute atomic E-state index is 9.89. The number of rotatable bonds is 5. The molecule has 1 unspecified atom stereocenters. The Morgan fingerprint density at radius 1 is 1.47 bits per heavy atom. The fourth-order valence-electron chi connectivity index (χ4n) is 1.42. The maximum atomic E-state index is 9.89. The van der Waals surface area contributed by atoms with Crippen LogP contribution in [0.4, 0.5) is 11.5 Å². The van der Waals surface area contributed by atoms with Crippen molar-refractivity contribution < 1.29 is 5.11 Å². The number of pyridine rings is 1. The quantitative estimate of drug-likeness (QED) is 0.478. The van der Waals surface area contributed by atoms with E-state index in [4.69, 9.17) is 5.84 Å². The zero-order chi connectivity index (χ0) is 12.1. The summed E-state index contributed by atoms with van der Waals surface area (Å²) < 4.78 is 0. The standard InChI is InChI=1S/C11H14N4OS/c12-15-11-5-9(1-3-13-11)14-6-10(16)8-2-4-17-7-8/h1-5,7,10,16H,6,12H2,(H2,13,14,15). The van der Waals surface area contributed by atoms with Crippen molar-refractivity contribution in [3.05, 3.63) is 40.7 Å². The Labute approximate surface area is 103 Å². The van der Waals surface area contributed by atoms with E-state index in [0.717, 1.165) is 11.3 Å². The van der Waals surface area contributed by atoms with Gasteiger partial charge in [-0.15, -0.1) is 0 Å². The van der Waals surface area contributed by atoms with E-state index in [1.54, 1.807) is 23.6 Å². The van der Waals surface area contributed by atoms with Gasteiger partial charge < -0.3 is 15.8 Å². The Hall–Kier alpha value is -1.63. The molecular formula is C11H14N4OS. The summed E-state index contributed by atoms with van der Waals surface area (Å²) in [6.45, 7) is 0.449. The molecule has 0 bridgehead atoms. The molecule has 2 aromatic rings. The number of nitrogens with two attached hydrogens (primary N) is 1. The van der Waals surface area contributed by atoms with Gasteiger partial charge in [-0.25, -0.2) is 10.8 Å². The van der Waals surface area contributed by atoms with Crippen LogP contribution < -0.4 is 16.6 Å². The number of anilines is 2. The number of hydrogen-bond donors (Lipinski definition) is 4. The molecule has 0 saturated carbocycles. The highest BCUT2D eigenvalue weighted by atomic mass is 32.1. The van der Waals surface area contributed by atoms with Crippen LogP contribution in [0.1, 0.15) is 11.7 Å². The monoisotopic (exact) mass is 250 g/mol. The molecular weight excluding hydrogens is 236 g/mol. The summed E-state index contributed by atoms with van der Waals surface area (Å²) in [6.07, 6.45) is 1.14. The van der Waals surface area contributed by atoms with Crippen LogP contribution in [0.3, 0.4) is 0 Å². The summed E-state index contributed by atoms with van der Waals surface area (Å²) in [6, 6.07) is 5.51. The summed E-state index contributed by atoms with van der Waals surface area (Å²) in [7, 11) is 0. The Bertz CT molecular complexity index is 460. The fraction of sp³-hybridized carbons (Fsp3) is 0.182. The van der Waals surface area contributed by atoms with Crippen molar-refractivity contribution in [1.29, 1.82) is 0 Å². The highest BCUT2D eigenvalue weighted by molar-refractivity contribution is 7.07. The first-order valence-corrected chi connectivity index (χ1v) is 6.10. The van der Waals surface area contributed by atoms with Crippen molar-refractivity contribution >= 4 is 22.8 Å². The molecule has 90 valence electrons. The van der Waals surface area contributed by atoms with Crippen LogP contribution in [-0.2, 0) is 0 Å². The maximum Gasteiger partial charge on any atom is 0.141 e. The third-order valence-electron chi connectivity index (χ3n) is 2.34. The number of thiophene rings is 1. The lowest BCUT2D eigenvalue weighted by molar-refractivity contribution is 0.192. The molecule has 0 aliphatic rings. The number of nitrogen functional groups attached to an aromatic ring is 1. The number of nitrogens with one attached hydrogen (secondary N) is 2. The molecule has 5 N–H and O–H groups in total. The largest absolute Gasteiger partial charge is 0.387 e. The topological polar surface area (TPSA) is 83.2 Å². The third-order valence-corrected chi connectivity index (χ3v) is 3.04. The van der Waals surface area contributed by atoms with E-state index >= 15 is 0 Å². The molecule has 0 amide bonds. The lowest BCUT2D eigenvalue weighted by Gasteiger charge is -2.12. The molecule has 0 aromatic carbocycles. The predicted octanol–water partition coefficient (Wildman–Crippen LogP) is 1.57. The minimum Gasteiger partial charge on any atom is -0.387 e. The van der Waals surface area contributed by atoms with Gasteiger partial charge >= 0.3 is 0 Å². The molecule has 0 aliphatic heterocycles. The summed E-state index contributed by atoms with van der Waals surface area (Å²) >= 11 is 1.57. The van der Waals surface area contributed by atoms with Crippen LogP contribution in [0.25, 0.3) is 0 Å². The average molecular weight is 250 g/mol. The van der Waals surface area contributed by atoms with Crippen LogP contribution in [-0.4, -0.2) is 16.6 Å². The summed E-state index contributed by atoms with van der Waals surface area (Å²) in [5, 5.41) is 16.9. The van der Waals surface area contributed by atoms with E-state index < -0.39 is 6.10 Å². The molecule has 2 aromatic heterocycles. The summed E-state index contributed by atoms with van der Waals surface area (Å²) in [5.74, 6) is 5.85. The van der Waals surface area contributed by atoms with E-state index in [1.165, 1.54) is 0 Å². The number of aliphatic hydroxyl groups excluding tert-OH is 1. The van der Waals surface area contributed by atoms with Crippen LogP contribution >= 0.6 is 11.3 Å². The molecule has 5 nitrogen and oxygen atoms in total. The van der Waals surface area contributed by atoms with Gasteiger partial charge in [0.1, 0.15) is 5.82 Å². The molecule has 17 heavy (non-hydrogen) atoms. The number of nitrogens with zero attached hydrogens (tertiary/aromatic N) is 1. The molecule has 2 rings (SSSR count). The van der Waals surface area contributed by atoms with Gasteiger partial charge in [-0.3, -0.25) is 0 Å².